The van der Waals surface area contributed by atoms with Crippen LogP contribution in [0.25, 0.3) is 5.65 Å². The van der Waals surface area contributed by atoms with Gasteiger partial charge in [-0.15, -0.1) is 0 Å². The zero-order valence-corrected chi connectivity index (χ0v) is 26.3. The van der Waals surface area contributed by atoms with Crippen LogP contribution < -0.4 is 10.6 Å². The molecule has 0 saturated carbocycles. The first-order valence-corrected chi connectivity index (χ1v) is 15.2. The zero-order chi connectivity index (χ0) is 33.1. The van der Waals surface area contributed by atoms with Gasteiger partial charge in [0, 0.05) is 61.9 Å². The van der Waals surface area contributed by atoms with E-state index in [1.54, 1.807) is 30.6 Å². The highest BCUT2D eigenvalue weighted by Gasteiger charge is 2.34. The second-order valence-corrected chi connectivity index (χ2v) is 11.7. The molecule has 1 fully saturated rings. The van der Waals surface area contributed by atoms with Crippen LogP contribution in [0.15, 0.2) is 79.3 Å². The molecule has 1 aliphatic heterocycles. The van der Waals surface area contributed by atoms with E-state index in [9.17, 15) is 18.0 Å². The number of carbonyl (C=O) groups is 1. The van der Waals surface area contributed by atoms with E-state index in [-0.39, 0.29) is 23.4 Å². The Kier molecular flexibility index (Phi) is 8.98. The van der Waals surface area contributed by atoms with Crippen molar-refractivity contribution in [2.24, 2.45) is 0 Å². The molecule has 5 aromatic rings. The van der Waals surface area contributed by atoms with Gasteiger partial charge < -0.3 is 15.5 Å². The van der Waals surface area contributed by atoms with Crippen LogP contribution in [0.1, 0.15) is 43.9 Å². The average molecular weight is 638 g/mol. The molecule has 0 spiro atoms. The summed E-state index contributed by atoms with van der Waals surface area (Å²) in [5.74, 6) is 6.51. The number of hydrogen-bond donors (Lipinski definition) is 2. The summed E-state index contributed by atoms with van der Waals surface area (Å²) >= 11 is 0. The monoisotopic (exact) mass is 637 g/mol. The smallest absolute Gasteiger partial charge is 0.337 e. The summed E-state index contributed by atoms with van der Waals surface area (Å²) in [4.78, 5) is 26.3. The number of pyridine rings is 2. The number of piperazine rings is 1. The fourth-order valence-corrected chi connectivity index (χ4v) is 5.48. The van der Waals surface area contributed by atoms with Crippen molar-refractivity contribution >= 4 is 28.7 Å². The fourth-order valence-electron chi connectivity index (χ4n) is 5.48. The number of aryl methyl sites for hydroxylation is 2. The fraction of sp³-hybridized carbons (Fsp3) is 0.250. The van der Waals surface area contributed by atoms with E-state index in [4.69, 9.17) is 0 Å². The lowest BCUT2D eigenvalue weighted by molar-refractivity contribution is -0.138. The predicted molar refractivity (Wildman–Crippen MR) is 177 cm³/mol. The Labute approximate surface area is 271 Å². The van der Waals surface area contributed by atoms with E-state index in [1.807, 2.05) is 60.7 Å². The number of halogens is 3. The minimum absolute atomic E-state index is 0.0775. The van der Waals surface area contributed by atoms with Gasteiger partial charge in [-0.1, -0.05) is 24.1 Å². The van der Waals surface area contributed by atoms with Crippen molar-refractivity contribution in [3.05, 3.63) is 118 Å². The molecule has 2 aromatic carbocycles. The topological polar surface area (TPSA) is 77.8 Å². The molecule has 240 valence electrons. The number of fused-ring (bicyclic) bond motifs is 1. The van der Waals surface area contributed by atoms with Gasteiger partial charge >= 0.3 is 6.18 Å². The highest BCUT2D eigenvalue weighted by Crippen LogP contribution is 2.35. The standard InChI is InChI=1S/C36H34F3N7O/c1-24-8-9-27(35(47)42-29-12-10-28(31(21-29)36(37,38)39)23-45-18-16-44(3)17-19-45)20-26(24)11-13-30-22-41-34-32(7-5-15-46(30)34)43-33-25(2)6-4-14-40-33/h4-10,12,14-15,20-22H,16-19,23H2,1-3H3,(H,40,43)(H,42,47). The molecule has 1 amide bonds. The van der Waals surface area contributed by atoms with Crippen molar-refractivity contribution in [2.75, 3.05) is 43.9 Å². The molecule has 3 aromatic heterocycles. The maximum absolute atomic E-state index is 14.1. The molecule has 47 heavy (non-hydrogen) atoms. The van der Waals surface area contributed by atoms with Gasteiger partial charge in [0.1, 0.15) is 11.5 Å². The van der Waals surface area contributed by atoms with Crippen LogP contribution in [0, 0.1) is 25.7 Å². The maximum Gasteiger partial charge on any atom is 0.416 e. The minimum atomic E-state index is -4.55. The Morgan fingerprint density at radius 2 is 1.74 bits per heavy atom. The van der Waals surface area contributed by atoms with Crippen molar-refractivity contribution in [1.82, 2.24) is 24.2 Å². The van der Waals surface area contributed by atoms with Crippen LogP contribution in [0.3, 0.4) is 0 Å². The van der Waals surface area contributed by atoms with Crippen LogP contribution >= 0.6 is 0 Å². The molecule has 0 unspecified atom stereocenters. The van der Waals surface area contributed by atoms with Crippen molar-refractivity contribution < 1.29 is 18.0 Å². The number of anilines is 3. The van der Waals surface area contributed by atoms with Crippen molar-refractivity contribution in [1.29, 1.82) is 0 Å². The van der Waals surface area contributed by atoms with E-state index < -0.39 is 17.6 Å². The molecule has 0 atom stereocenters. The second-order valence-electron chi connectivity index (χ2n) is 11.7. The molecular formula is C36H34F3N7O. The summed E-state index contributed by atoms with van der Waals surface area (Å²) in [7, 11) is 2.00. The van der Waals surface area contributed by atoms with Crippen LogP contribution in [-0.4, -0.2) is 63.3 Å². The van der Waals surface area contributed by atoms with E-state index in [0.29, 0.717) is 30.0 Å². The van der Waals surface area contributed by atoms with Gasteiger partial charge in [0.05, 0.1) is 17.4 Å². The number of rotatable bonds is 6. The van der Waals surface area contributed by atoms with Gasteiger partial charge in [0.25, 0.3) is 5.91 Å². The molecule has 0 bridgehead atoms. The zero-order valence-electron chi connectivity index (χ0n) is 26.3. The van der Waals surface area contributed by atoms with Crippen LogP contribution in [0.2, 0.25) is 0 Å². The lowest BCUT2D eigenvalue weighted by Gasteiger charge is -2.33. The third-order valence-corrected chi connectivity index (χ3v) is 8.29. The van der Waals surface area contributed by atoms with Gasteiger partial charge in [0.15, 0.2) is 5.65 Å². The Morgan fingerprint density at radius 1 is 0.936 bits per heavy atom. The number of amides is 1. The van der Waals surface area contributed by atoms with Gasteiger partial charge in [-0.3, -0.25) is 14.1 Å². The quantitative estimate of drug-likeness (QED) is 0.207. The predicted octanol–water partition coefficient (Wildman–Crippen LogP) is 6.51. The lowest BCUT2D eigenvalue weighted by atomic mass is 10.0. The summed E-state index contributed by atoms with van der Waals surface area (Å²) in [6, 6.07) is 16.7. The number of benzene rings is 2. The minimum Gasteiger partial charge on any atom is -0.337 e. The number of nitrogens with one attached hydrogen (secondary N) is 2. The highest BCUT2D eigenvalue weighted by molar-refractivity contribution is 6.04. The van der Waals surface area contributed by atoms with E-state index in [1.165, 1.54) is 12.1 Å². The number of imidazole rings is 1. The molecule has 0 radical (unpaired) electrons. The first-order valence-electron chi connectivity index (χ1n) is 15.2. The summed E-state index contributed by atoms with van der Waals surface area (Å²) in [5.41, 5.74) is 4.37. The number of likely N-dealkylation sites (N-methyl/N-ethyl adjacent to an activating group) is 1. The summed E-state index contributed by atoms with van der Waals surface area (Å²) < 4.78 is 44.1. The van der Waals surface area contributed by atoms with E-state index in [0.717, 1.165) is 41.8 Å². The number of hydrogen-bond acceptors (Lipinski definition) is 6. The van der Waals surface area contributed by atoms with Gasteiger partial charge in [0.2, 0.25) is 0 Å². The number of aromatic nitrogens is 3. The Balaban J connectivity index is 1.20. The lowest BCUT2D eigenvalue weighted by Crippen LogP contribution is -2.44. The van der Waals surface area contributed by atoms with Crippen molar-refractivity contribution in [3.63, 3.8) is 0 Å². The number of alkyl halides is 3. The molecule has 2 N–H and O–H groups in total. The normalized spacial score (nSPS) is 14.1. The second kappa shape index (κ2) is 13.3. The Bertz CT molecular complexity index is 2000. The average Bonchev–Trinajstić information content (AvgIpc) is 3.47. The van der Waals surface area contributed by atoms with Gasteiger partial charge in [-0.25, -0.2) is 9.97 Å². The molecule has 8 nitrogen and oxygen atoms in total. The molecule has 6 rings (SSSR count). The van der Waals surface area contributed by atoms with Crippen LogP contribution in [-0.2, 0) is 12.7 Å². The highest BCUT2D eigenvalue weighted by atomic mass is 19.4. The third kappa shape index (κ3) is 7.30. The number of nitrogens with zero attached hydrogens (tertiary/aromatic N) is 5. The summed E-state index contributed by atoms with van der Waals surface area (Å²) in [6.45, 7) is 7.07. The Hall–Kier alpha value is -5.18. The molecule has 4 heterocycles. The molecule has 11 heteroatoms. The maximum atomic E-state index is 14.1. The molecule has 1 saturated heterocycles. The SMILES string of the molecule is Cc1ccc(C(=O)Nc2ccc(CN3CCN(C)CC3)c(C(F)(F)F)c2)cc1C#Cc1cnc2c(Nc3ncccc3C)cccn12. The van der Waals surface area contributed by atoms with Crippen molar-refractivity contribution in [2.45, 2.75) is 26.6 Å². The molecule has 1 aliphatic rings. The summed E-state index contributed by atoms with van der Waals surface area (Å²) in [6.07, 6.45) is 0.712. The number of carbonyl (C=O) groups excluding carboxylic acids is 1. The van der Waals surface area contributed by atoms with Gasteiger partial charge in [-0.05, 0) is 86.0 Å². The first-order chi connectivity index (χ1) is 22.5. The van der Waals surface area contributed by atoms with E-state index >= 15 is 0 Å². The third-order valence-electron chi connectivity index (χ3n) is 8.29. The van der Waals surface area contributed by atoms with Crippen LogP contribution in [0.5, 0.6) is 0 Å². The Morgan fingerprint density at radius 3 is 2.51 bits per heavy atom. The van der Waals surface area contributed by atoms with Crippen LogP contribution in [0.4, 0.5) is 30.4 Å². The first kappa shape index (κ1) is 31.8. The molecule has 0 aliphatic carbocycles. The largest absolute Gasteiger partial charge is 0.416 e. The van der Waals surface area contributed by atoms with Crippen molar-refractivity contribution in [3.8, 4) is 11.8 Å². The molecular weight excluding hydrogens is 603 g/mol. The summed E-state index contributed by atoms with van der Waals surface area (Å²) in [5, 5.41) is 5.98. The van der Waals surface area contributed by atoms with Gasteiger partial charge in [-0.2, -0.15) is 13.2 Å². The van der Waals surface area contributed by atoms with E-state index in [2.05, 4.69) is 37.3 Å².